The molecule has 3 nitrogen and oxygen atoms in total. The highest BCUT2D eigenvalue weighted by Gasteiger charge is 2.16. The number of H-pyrrole nitrogens is 1. The Hall–Kier alpha value is -2.03. The number of aromatic amines is 1. The van der Waals surface area contributed by atoms with Gasteiger partial charge in [0.15, 0.2) is 0 Å². The molecular formula is C17H20N2O. The molecular weight excluding hydrogens is 248 g/mol. The Kier molecular flexibility index (Phi) is 3.59. The topological polar surface area (TPSA) is 36.1 Å². The van der Waals surface area contributed by atoms with Crippen molar-refractivity contribution in [2.45, 2.75) is 26.2 Å². The molecule has 1 aromatic carbocycles. The van der Waals surface area contributed by atoms with Gasteiger partial charge in [-0.05, 0) is 31.4 Å². The molecule has 2 heterocycles. The fourth-order valence-corrected chi connectivity index (χ4v) is 2.86. The molecule has 0 spiro atoms. The van der Waals surface area contributed by atoms with Gasteiger partial charge < -0.3 is 9.88 Å². The van der Waals surface area contributed by atoms with Crippen LogP contribution in [-0.2, 0) is 11.2 Å². The molecule has 1 aliphatic rings. The molecule has 0 saturated carbocycles. The van der Waals surface area contributed by atoms with E-state index in [1.165, 1.54) is 16.5 Å². The molecule has 0 radical (unpaired) electrons. The van der Waals surface area contributed by atoms with E-state index >= 15 is 0 Å². The number of nitrogens with zero attached hydrogens (tertiary/aromatic N) is 1. The van der Waals surface area contributed by atoms with Gasteiger partial charge in [0, 0.05) is 36.6 Å². The molecule has 2 aromatic rings. The highest BCUT2D eigenvalue weighted by Crippen LogP contribution is 2.19. The minimum atomic E-state index is 0.266. The Morgan fingerprint density at radius 2 is 2.20 bits per heavy atom. The molecule has 20 heavy (non-hydrogen) atoms. The third kappa shape index (κ3) is 2.62. The van der Waals surface area contributed by atoms with Crippen molar-refractivity contribution >= 4 is 16.8 Å². The van der Waals surface area contributed by atoms with E-state index in [1.807, 2.05) is 23.2 Å². The molecule has 0 unspecified atom stereocenters. The number of carbonyl (C=O) groups is 1. The minimum Gasteiger partial charge on any atom is -0.361 e. The number of fused-ring (bicyclic) bond motifs is 1. The van der Waals surface area contributed by atoms with Crippen LogP contribution in [0.5, 0.6) is 0 Å². The molecule has 3 rings (SSSR count). The van der Waals surface area contributed by atoms with Crippen molar-refractivity contribution in [2.24, 2.45) is 0 Å². The highest BCUT2D eigenvalue weighted by molar-refractivity contribution is 5.84. The van der Waals surface area contributed by atoms with E-state index in [2.05, 4.69) is 30.1 Å². The van der Waals surface area contributed by atoms with Gasteiger partial charge in [-0.15, -0.1) is 0 Å². The van der Waals surface area contributed by atoms with Crippen LogP contribution in [0.3, 0.4) is 0 Å². The van der Waals surface area contributed by atoms with Crippen molar-refractivity contribution in [3.8, 4) is 0 Å². The summed E-state index contributed by atoms with van der Waals surface area (Å²) in [6.07, 6.45) is 6.64. The van der Waals surface area contributed by atoms with Crippen LogP contribution in [0.1, 0.15) is 25.3 Å². The summed E-state index contributed by atoms with van der Waals surface area (Å²) >= 11 is 0. The quantitative estimate of drug-likeness (QED) is 0.852. The summed E-state index contributed by atoms with van der Waals surface area (Å²) in [5, 5.41) is 1.23. The maximum atomic E-state index is 12.3. The predicted molar refractivity (Wildman–Crippen MR) is 81.6 cm³/mol. The van der Waals surface area contributed by atoms with Gasteiger partial charge in [0.25, 0.3) is 0 Å². The zero-order valence-electron chi connectivity index (χ0n) is 11.9. The molecule has 0 fully saturated rings. The molecule has 1 amide bonds. The third-order valence-corrected chi connectivity index (χ3v) is 3.97. The second kappa shape index (κ2) is 5.53. The van der Waals surface area contributed by atoms with Crippen LogP contribution < -0.4 is 0 Å². The van der Waals surface area contributed by atoms with Crippen molar-refractivity contribution in [3.63, 3.8) is 0 Å². The normalized spacial score (nSPS) is 15.4. The molecule has 0 atom stereocenters. The van der Waals surface area contributed by atoms with E-state index in [1.54, 1.807) is 0 Å². The molecule has 1 N–H and O–H groups in total. The lowest BCUT2D eigenvalue weighted by Gasteiger charge is -2.26. The number of amides is 1. The number of nitrogens with one attached hydrogen (secondary N) is 1. The van der Waals surface area contributed by atoms with Crippen LogP contribution in [-0.4, -0.2) is 28.9 Å². The Morgan fingerprint density at radius 1 is 1.35 bits per heavy atom. The van der Waals surface area contributed by atoms with E-state index in [0.29, 0.717) is 6.42 Å². The van der Waals surface area contributed by atoms with Crippen LogP contribution in [0.15, 0.2) is 42.1 Å². The summed E-state index contributed by atoms with van der Waals surface area (Å²) in [6.45, 7) is 3.76. The van der Waals surface area contributed by atoms with Gasteiger partial charge in [-0.3, -0.25) is 4.79 Å². The van der Waals surface area contributed by atoms with E-state index in [9.17, 15) is 4.79 Å². The number of aryl methyl sites for hydroxylation is 1. The second-order valence-electron chi connectivity index (χ2n) is 5.51. The van der Waals surface area contributed by atoms with Gasteiger partial charge in [-0.2, -0.15) is 0 Å². The molecule has 0 saturated heterocycles. The smallest absolute Gasteiger partial charge is 0.223 e. The molecule has 1 aliphatic heterocycles. The van der Waals surface area contributed by atoms with Gasteiger partial charge in [0.2, 0.25) is 5.91 Å². The second-order valence-corrected chi connectivity index (χ2v) is 5.51. The summed E-state index contributed by atoms with van der Waals surface area (Å²) in [5.74, 6) is 0.266. The fraction of sp³-hybridized carbons (Fsp3) is 0.353. The van der Waals surface area contributed by atoms with Crippen LogP contribution >= 0.6 is 0 Å². The highest BCUT2D eigenvalue weighted by atomic mass is 16.2. The number of para-hydroxylation sites is 1. The van der Waals surface area contributed by atoms with Gasteiger partial charge in [-0.25, -0.2) is 0 Å². The SMILES string of the molecule is CC1=CCCN(C(=O)CCc2c[nH]c3ccccc23)C1. The number of carbonyl (C=O) groups excluding carboxylic acids is 1. The maximum absolute atomic E-state index is 12.3. The number of rotatable bonds is 3. The Bertz CT molecular complexity index is 654. The number of aromatic nitrogens is 1. The van der Waals surface area contributed by atoms with Crippen molar-refractivity contribution in [3.05, 3.63) is 47.7 Å². The minimum absolute atomic E-state index is 0.266. The lowest BCUT2D eigenvalue weighted by molar-refractivity contribution is -0.130. The predicted octanol–water partition coefficient (Wildman–Crippen LogP) is 3.28. The Balaban J connectivity index is 1.64. The molecule has 0 aliphatic carbocycles. The van der Waals surface area contributed by atoms with Crippen molar-refractivity contribution < 1.29 is 4.79 Å². The summed E-state index contributed by atoms with van der Waals surface area (Å²) in [5.41, 5.74) is 3.68. The summed E-state index contributed by atoms with van der Waals surface area (Å²) in [7, 11) is 0. The number of hydrogen-bond acceptors (Lipinski definition) is 1. The van der Waals surface area contributed by atoms with Crippen LogP contribution in [0, 0.1) is 0 Å². The van der Waals surface area contributed by atoms with Crippen LogP contribution in [0.4, 0.5) is 0 Å². The van der Waals surface area contributed by atoms with Gasteiger partial charge in [0.1, 0.15) is 0 Å². The lowest BCUT2D eigenvalue weighted by atomic mass is 10.1. The summed E-state index contributed by atoms with van der Waals surface area (Å²) in [6, 6.07) is 8.25. The van der Waals surface area contributed by atoms with E-state index in [0.717, 1.165) is 31.4 Å². The van der Waals surface area contributed by atoms with Crippen molar-refractivity contribution in [1.29, 1.82) is 0 Å². The fourth-order valence-electron chi connectivity index (χ4n) is 2.86. The first-order chi connectivity index (χ1) is 9.74. The van der Waals surface area contributed by atoms with Crippen LogP contribution in [0.2, 0.25) is 0 Å². The average molecular weight is 268 g/mol. The summed E-state index contributed by atoms with van der Waals surface area (Å²) < 4.78 is 0. The summed E-state index contributed by atoms with van der Waals surface area (Å²) in [4.78, 5) is 17.5. The third-order valence-electron chi connectivity index (χ3n) is 3.97. The zero-order chi connectivity index (χ0) is 13.9. The first-order valence-electron chi connectivity index (χ1n) is 7.22. The monoisotopic (exact) mass is 268 g/mol. The lowest BCUT2D eigenvalue weighted by Crippen LogP contribution is -2.35. The number of hydrogen-bond donors (Lipinski definition) is 1. The van der Waals surface area contributed by atoms with Crippen molar-refractivity contribution in [2.75, 3.05) is 13.1 Å². The Labute approximate surface area is 119 Å². The molecule has 1 aromatic heterocycles. The zero-order valence-corrected chi connectivity index (χ0v) is 11.9. The van der Waals surface area contributed by atoms with Crippen molar-refractivity contribution in [1.82, 2.24) is 9.88 Å². The largest absolute Gasteiger partial charge is 0.361 e. The standard InChI is InChI=1S/C17H20N2O/c1-13-5-4-10-19(12-13)17(20)9-8-14-11-18-16-7-3-2-6-15(14)16/h2-3,5-7,11,18H,4,8-10,12H2,1H3. The van der Waals surface area contributed by atoms with E-state index in [4.69, 9.17) is 0 Å². The molecule has 3 heteroatoms. The van der Waals surface area contributed by atoms with Gasteiger partial charge in [-0.1, -0.05) is 29.8 Å². The first kappa shape index (κ1) is 13.0. The Morgan fingerprint density at radius 3 is 3.05 bits per heavy atom. The molecule has 104 valence electrons. The maximum Gasteiger partial charge on any atom is 0.223 e. The van der Waals surface area contributed by atoms with Gasteiger partial charge in [0.05, 0.1) is 0 Å². The van der Waals surface area contributed by atoms with Crippen LogP contribution in [0.25, 0.3) is 10.9 Å². The average Bonchev–Trinajstić information content (AvgIpc) is 2.88. The van der Waals surface area contributed by atoms with Gasteiger partial charge >= 0.3 is 0 Å². The van der Waals surface area contributed by atoms with E-state index < -0.39 is 0 Å². The molecule has 0 bridgehead atoms. The number of benzene rings is 1. The van der Waals surface area contributed by atoms with E-state index in [-0.39, 0.29) is 5.91 Å². The first-order valence-corrected chi connectivity index (χ1v) is 7.22.